The van der Waals surface area contributed by atoms with Crippen molar-refractivity contribution in [3.8, 4) is 17.2 Å². The molecule has 1 unspecified atom stereocenters. The van der Waals surface area contributed by atoms with Gasteiger partial charge in [0.25, 0.3) is 0 Å². The van der Waals surface area contributed by atoms with Crippen LogP contribution >= 0.6 is 0 Å². The van der Waals surface area contributed by atoms with Gasteiger partial charge in [0.05, 0.1) is 27.4 Å². The van der Waals surface area contributed by atoms with E-state index in [4.69, 9.17) is 24.7 Å². The van der Waals surface area contributed by atoms with Crippen LogP contribution < -0.4 is 25.3 Å². The van der Waals surface area contributed by atoms with Gasteiger partial charge < -0.3 is 30.0 Å². The Hall–Kier alpha value is -1.99. The number of carbonyl (C=O) groups is 1. The van der Waals surface area contributed by atoms with Gasteiger partial charge >= 0.3 is 0 Å². The highest BCUT2D eigenvalue weighted by molar-refractivity contribution is 5.95. The molecular weight excluding hydrogens is 276 g/mol. The maximum atomic E-state index is 12.0. The average Bonchev–Trinajstić information content (AvgIpc) is 2.51. The third kappa shape index (κ3) is 4.51. The third-order valence-corrected chi connectivity index (χ3v) is 2.90. The molecule has 0 bridgehead atoms. The molecule has 0 spiro atoms. The smallest absolute Gasteiger partial charge is 0.241 e. The van der Waals surface area contributed by atoms with Crippen molar-refractivity contribution in [2.45, 2.75) is 12.5 Å². The molecule has 118 valence electrons. The van der Waals surface area contributed by atoms with E-state index in [2.05, 4.69) is 5.32 Å². The van der Waals surface area contributed by atoms with Gasteiger partial charge in [0, 0.05) is 31.5 Å². The summed E-state index contributed by atoms with van der Waals surface area (Å²) in [5.41, 5.74) is 6.29. The summed E-state index contributed by atoms with van der Waals surface area (Å²) in [6.45, 7) is 0.420. The van der Waals surface area contributed by atoms with E-state index in [0.717, 1.165) is 0 Å². The van der Waals surface area contributed by atoms with E-state index in [-0.39, 0.29) is 5.91 Å². The minimum absolute atomic E-state index is 0.304. The normalized spacial score (nSPS) is 11.7. The third-order valence-electron chi connectivity index (χ3n) is 2.90. The molecule has 7 heteroatoms. The van der Waals surface area contributed by atoms with Gasteiger partial charge in [-0.3, -0.25) is 4.79 Å². The number of nitrogens with two attached hydrogens (primary N) is 1. The highest BCUT2D eigenvalue weighted by Crippen LogP contribution is 2.39. The van der Waals surface area contributed by atoms with Crippen LogP contribution in [0.1, 0.15) is 6.42 Å². The molecule has 1 amide bonds. The number of hydrogen-bond acceptors (Lipinski definition) is 6. The summed E-state index contributed by atoms with van der Waals surface area (Å²) in [7, 11) is 6.09. The zero-order valence-corrected chi connectivity index (χ0v) is 12.8. The molecule has 0 aromatic heterocycles. The van der Waals surface area contributed by atoms with Crippen LogP contribution in [0.5, 0.6) is 17.2 Å². The van der Waals surface area contributed by atoms with Crippen molar-refractivity contribution < 1.29 is 23.7 Å². The first-order valence-corrected chi connectivity index (χ1v) is 6.42. The van der Waals surface area contributed by atoms with E-state index in [9.17, 15) is 4.79 Å². The van der Waals surface area contributed by atoms with E-state index in [1.807, 2.05) is 0 Å². The monoisotopic (exact) mass is 298 g/mol. The molecule has 0 saturated carbocycles. The summed E-state index contributed by atoms with van der Waals surface area (Å²) in [5.74, 6) is 1.07. The number of carbonyl (C=O) groups excluding carboxylic acids is 1. The van der Waals surface area contributed by atoms with Gasteiger partial charge in [0.1, 0.15) is 0 Å². The topological polar surface area (TPSA) is 92.0 Å². The summed E-state index contributed by atoms with van der Waals surface area (Å²) in [6.07, 6.45) is 0.437. The molecule has 1 rings (SSSR count). The number of hydrogen-bond donors (Lipinski definition) is 2. The highest BCUT2D eigenvalue weighted by atomic mass is 16.5. The Labute approximate surface area is 124 Å². The second-order valence-corrected chi connectivity index (χ2v) is 4.29. The SMILES string of the molecule is COCCC(N)C(=O)Nc1cc(OC)c(OC)c(OC)c1. The maximum Gasteiger partial charge on any atom is 0.241 e. The molecule has 0 fully saturated rings. The van der Waals surface area contributed by atoms with Crippen LogP contribution in [0.3, 0.4) is 0 Å². The molecule has 1 aromatic carbocycles. The summed E-state index contributed by atoms with van der Waals surface area (Å²) < 4.78 is 20.6. The van der Waals surface area contributed by atoms with Crippen LogP contribution in [0, 0.1) is 0 Å². The summed E-state index contributed by atoms with van der Waals surface area (Å²) in [6, 6.07) is 2.63. The standard InChI is InChI=1S/C14H22N2O5/c1-18-6-5-10(15)14(17)16-9-7-11(19-2)13(21-4)12(8-9)20-3/h7-8,10H,5-6,15H2,1-4H3,(H,16,17). The maximum absolute atomic E-state index is 12.0. The van der Waals surface area contributed by atoms with Gasteiger partial charge in [0.15, 0.2) is 11.5 Å². The molecule has 0 radical (unpaired) electrons. The van der Waals surface area contributed by atoms with E-state index >= 15 is 0 Å². The minimum Gasteiger partial charge on any atom is -0.493 e. The summed E-state index contributed by atoms with van der Waals surface area (Å²) in [5, 5.41) is 2.72. The fourth-order valence-corrected chi connectivity index (χ4v) is 1.76. The Balaban J connectivity index is 2.91. The zero-order chi connectivity index (χ0) is 15.8. The predicted molar refractivity (Wildman–Crippen MR) is 79.2 cm³/mol. The molecule has 21 heavy (non-hydrogen) atoms. The van der Waals surface area contributed by atoms with Crippen LogP contribution in [0.15, 0.2) is 12.1 Å². The Morgan fingerprint density at radius 1 is 1.14 bits per heavy atom. The van der Waals surface area contributed by atoms with Gasteiger partial charge in [-0.25, -0.2) is 0 Å². The lowest BCUT2D eigenvalue weighted by atomic mass is 10.2. The second-order valence-electron chi connectivity index (χ2n) is 4.29. The van der Waals surface area contributed by atoms with Crippen LogP contribution in [-0.2, 0) is 9.53 Å². The molecule has 0 aliphatic carbocycles. The summed E-state index contributed by atoms with van der Waals surface area (Å²) in [4.78, 5) is 12.0. The van der Waals surface area contributed by atoms with Crippen LogP contribution in [-0.4, -0.2) is 47.0 Å². The number of anilines is 1. The molecule has 3 N–H and O–H groups in total. The molecule has 0 heterocycles. The number of nitrogens with one attached hydrogen (secondary N) is 1. The largest absolute Gasteiger partial charge is 0.493 e. The molecule has 0 aliphatic heterocycles. The van der Waals surface area contributed by atoms with E-state index < -0.39 is 6.04 Å². The Morgan fingerprint density at radius 3 is 2.14 bits per heavy atom. The number of methoxy groups -OCH3 is 4. The van der Waals surface area contributed by atoms with Gasteiger partial charge in [-0.15, -0.1) is 0 Å². The molecular formula is C14H22N2O5. The van der Waals surface area contributed by atoms with Crippen LogP contribution in [0.4, 0.5) is 5.69 Å². The Morgan fingerprint density at radius 2 is 1.71 bits per heavy atom. The van der Waals surface area contributed by atoms with Gasteiger partial charge in [-0.05, 0) is 6.42 Å². The molecule has 0 aliphatic rings. The first kappa shape index (κ1) is 17.1. The van der Waals surface area contributed by atoms with E-state index in [1.54, 1.807) is 19.2 Å². The first-order valence-electron chi connectivity index (χ1n) is 6.42. The van der Waals surface area contributed by atoms with Crippen LogP contribution in [0.25, 0.3) is 0 Å². The number of ether oxygens (including phenoxy) is 4. The first-order chi connectivity index (χ1) is 10.1. The fraction of sp³-hybridized carbons (Fsp3) is 0.500. The summed E-state index contributed by atoms with van der Waals surface area (Å²) >= 11 is 0. The minimum atomic E-state index is -0.649. The zero-order valence-electron chi connectivity index (χ0n) is 12.8. The molecule has 0 saturated heterocycles. The van der Waals surface area contributed by atoms with E-state index in [0.29, 0.717) is 36.0 Å². The number of benzene rings is 1. The van der Waals surface area contributed by atoms with Crippen LogP contribution in [0.2, 0.25) is 0 Å². The number of amides is 1. The van der Waals surface area contributed by atoms with E-state index in [1.165, 1.54) is 21.3 Å². The second kappa shape index (κ2) is 8.33. The molecule has 1 aromatic rings. The molecule has 7 nitrogen and oxygen atoms in total. The fourth-order valence-electron chi connectivity index (χ4n) is 1.76. The van der Waals surface area contributed by atoms with Crippen molar-refractivity contribution >= 4 is 11.6 Å². The van der Waals surface area contributed by atoms with Crippen molar-refractivity contribution in [3.05, 3.63) is 12.1 Å². The number of rotatable bonds is 8. The average molecular weight is 298 g/mol. The van der Waals surface area contributed by atoms with Gasteiger partial charge in [-0.2, -0.15) is 0 Å². The lowest BCUT2D eigenvalue weighted by molar-refractivity contribution is -0.117. The van der Waals surface area contributed by atoms with Gasteiger partial charge in [0.2, 0.25) is 11.7 Å². The van der Waals surface area contributed by atoms with Crippen molar-refractivity contribution in [2.24, 2.45) is 5.73 Å². The van der Waals surface area contributed by atoms with Crippen molar-refractivity contribution in [2.75, 3.05) is 40.4 Å². The highest BCUT2D eigenvalue weighted by Gasteiger charge is 2.17. The predicted octanol–water partition coefficient (Wildman–Crippen LogP) is 1.01. The van der Waals surface area contributed by atoms with Gasteiger partial charge in [-0.1, -0.05) is 0 Å². The lowest BCUT2D eigenvalue weighted by Crippen LogP contribution is -2.36. The Kier molecular flexibility index (Phi) is 6.77. The Bertz CT molecular complexity index is 453. The molecule has 1 atom stereocenters. The lowest BCUT2D eigenvalue weighted by Gasteiger charge is -2.16. The van der Waals surface area contributed by atoms with Crippen molar-refractivity contribution in [3.63, 3.8) is 0 Å². The van der Waals surface area contributed by atoms with Crippen molar-refractivity contribution in [1.29, 1.82) is 0 Å². The quantitative estimate of drug-likeness (QED) is 0.744. The van der Waals surface area contributed by atoms with Crippen molar-refractivity contribution in [1.82, 2.24) is 0 Å².